The Hall–Kier alpha value is -1.97. The summed E-state index contributed by atoms with van der Waals surface area (Å²) < 4.78 is 5.20. The van der Waals surface area contributed by atoms with E-state index in [1.54, 1.807) is 24.3 Å². The monoisotopic (exact) mass is 320 g/mol. The van der Waals surface area contributed by atoms with Gasteiger partial charge in [0.15, 0.2) is 0 Å². The molecule has 0 radical (unpaired) electrons. The summed E-state index contributed by atoms with van der Waals surface area (Å²) >= 11 is 7.28. The van der Waals surface area contributed by atoms with Crippen molar-refractivity contribution in [3.63, 3.8) is 0 Å². The van der Waals surface area contributed by atoms with Crippen molar-refractivity contribution in [3.8, 4) is 17.5 Å². The van der Waals surface area contributed by atoms with Crippen molar-refractivity contribution in [1.29, 1.82) is 5.26 Å². The SMILES string of the molecule is CCNC(SC)=C(C#N)c1nc(-c2ccc(Cl)cc2)no1. The van der Waals surface area contributed by atoms with E-state index in [0.29, 0.717) is 28.0 Å². The Morgan fingerprint density at radius 2 is 2.14 bits per heavy atom. The molecule has 108 valence electrons. The smallest absolute Gasteiger partial charge is 0.271 e. The van der Waals surface area contributed by atoms with Crippen LogP contribution in [-0.2, 0) is 0 Å². The van der Waals surface area contributed by atoms with Gasteiger partial charge in [-0.25, -0.2) is 0 Å². The molecule has 0 unspecified atom stereocenters. The van der Waals surface area contributed by atoms with Crippen molar-refractivity contribution in [2.75, 3.05) is 12.8 Å². The second-order valence-electron chi connectivity index (χ2n) is 3.98. The van der Waals surface area contributed by atoms with E-state index in [1.165, 1.54) is 11.8 Å². The van der Waals surface area contributed by atoms with E-state index in [9.17, 15) is 5.26 Å². The van der Waals surface area contributed by atoms with Crippen molar-refractivity contribution in [1.82, 2.24) is 15.5 Å². The first-order valence-corrected chi connectivity index (χ1v) is 7.82. The topological polar surface area (TPSA) is 74.7 Å². The number of nitriles is 1. The normalized spacial score (nSPS) is 11.7. The summed E-state index contributed by atoms with van der Waals surface area (Å²) in [7, 11) is 0. The highest BCUT2D eigenvalue weighted by Gasteiger charge is 2.16. The first kappa shape index (κ1) is 15.4. The van der Waals surface area contributed by atoms with Crippen LogP contribution in [0.4, 0.5) is 0 Å². The highest BCUT2D eigenvalue weighted by atomic mass is 35.5. The standard InChI is InChI=1S/C14H13ClN4OS/c1-3-17-14(21-2)11(8-16)13-18-12(19-20-13)9-4-6-10(15)7-5-9/h4-7,17H,3H2,1-2H3. The van der Waals surface area contributed by atoms with E-state index >= 15 is 0 Å². The third-order valence-electron chi connectivity index (χ3n) is 2.62. The highest BCUT2D eigenvalue weighted by Crippen LogP contribution is 2.25. The molecular weight excluding hydrogens is 308 g/mol. The van der Waals surface area contributed by atoms with Crippen molar-refractivity contribution in [2.45, 2.75) is 6.92 Å². The molecule has 2 rings (SSSR count). The second kappa shape index (κ2) is 7.16. The summed E-state index contributed by atoms with van der Waals surface area (Å²) in [6, 6.07) is 9.20. The van der Waals surface area contributed by atoms with Crippen molar-refractivity contribution in [3.05, 3.63) is 40.2 Å². The van der Waals surface area contributed by atoms with Gasteiger partial charge in [-0.05, 0) is 37.4 Å². The van der Waals surface area contributed by atoms with Gasteiger partial charge in [-0.2, -0.15) is 10.2 Å². The molecule has 0 spiro atoms. The van der Waals surface area contributed by atoms with Gasteiger partial charge in [-0.3, -0.25) is 0 Å². The minimum Gasteiger partial charge on any atom is -0.379 e. The zero-order valence-corrected chi connectivity index (χ0v) is 13.1. The fourth-order valence-electron chi connectivity index (χ4n) is 1.66. The number of thioether (sulfide) groups is 1. The van der Waals surface area contributed by atoms with Gasteiger partial charge in [0.2, 0.25) is 5.82 Å². The summed E-state index contributed by atoms with van der Waals surface area (Å²) in [5.41, 5.74) is 1.12. The summed E-state index contributed by atoms with van der Waals surface area (Å²) in [6.07, 6.45) is 1.88. The highest BCUT2D eigenvalue weighted by molar-refractivity contribution is 8.02. The lowest BCUT2D eigenvalue weighted by Gasteiger charge is -2.05. The second-order valence-corrected chi connectivity index (χ2v) is 5.23. The number of halogens is 1. The molecule has 21 heavy (non-hydrogen) atoms. The van der Waals surface area contributed by atoms with Crippen molar-refractivity contribution in [2.24, 2.45) is 0 Å². The number of hydrogen-bond acceptors (Lipinski definition) is 6. The molecule has 1 aromatic carbocycles. The van der Waals surface area contributed by atoms with Gasteiger partial charge in [-0.1, -0.05) is 16.8 Å². The molecule has 0 saturated heterocycles. The Morgan fingerprint density at radius 1 is 1.43 bits per heavy atom. The third-order valence-corrected chi connectivity index (χ3v) is 3.63. The van der Waals surface area contributed by atoms with Crippen LogP contribution in [0.15, 0.2) is 33.8 Å². The molecule has 0 bridgehead atoms. The van der Waals surface area contributed by atoms with E-state index in [1.807, 2.05) is 13.2 Å². The summed E-state index contributed by atoms with van der Waals surface area (Å²) in [5, 5.41) is 17.7. The maximum Gasteiger partial charge on any atom is 0.271 e. The number of allylic oxidation sites excluding steroid dienone is 1. The van der Waals surface area contributed by atoms with Crippen LogP contribution in [0.3, 0.4) is 0 Å². The lowest BCUT2D eigenvalue weighted by molar-refractivity contribution is 0.409. The molecule has 0 saturated carbocycles. The molecule has 0 atom stereocenters. The zero-order chi connectivity index (χ0) is 15.2. The number of rotatable bonds is 5. The van der Waals surface area contributed by atoms with Crippen LogP contribution in [0.1, 0.15) is 12.8 Å². The predicted molar refractivity (Wildman–Crippen MR) is 84.5 cm³/mol. The fourth-order valence-corrected chi connectivity index (χ4v) is 2.41. The number of nitrogens with zero attached hydrogens (tertiary/aromatic N) is 3. The molecule has 1 N–H and O–H groups in total. The van der Waals surface area contributed by atoms with Gasteiger partial charge in [0.25, 0.3) is 5.89 Å². The van der Waals surface area contributed by atoms with Crippen molar-refractivity contribution >= 4 is 28.9 Å². The van der Waals surface area contributed by atoms with Gasteiger partial charge in [0, 0.05) is 17.1 Å². The minimum absolute atomic E-state index is 0.202. The van der Waals surface area contributed by atoms with Crippen LogP contribution in [0, 0.1) is 11.3 Å². The summed E-state index contributed by atoms with van der Waals surface area (Å²) in [4.78, 5) is 4.28. The third kappa shape index (κ3) is 3.57. The Kier molecular flexibility index (Phi) is 5.26. The lowest BCUT2D eigenvalue weighted by Crippen LogP contribution is -2.11. The van der Waals surface area contributed by atoms with Crippen LogP contribution in [0.25, 0.3) is 17.0 Å². The predicted octanol–water partition coefficient (Wildman–Crippen LogP) is 3.55. The number of benzene rings is 1. The molecular formula is C14H13ClN4OS. The Morgan fingerprint density at radius 3 is 2.71 bits per heavy atom. The van der Waals surface area contributed by atoms with Gasteiger partial charge in [0.1, 0.15) is 11.6 Å². The maximum absolute atomic E-state index is 9.32. The summed E-state index contributed by atoms with van der Waals surface area (Å²) in [6.45, 7) is 2.66. The largest absolute Gasteiger partial charge is 0.379 e. The number of hydrogen-bond donors (Lipinski definition) is 1. The lowest BCUT2D eigenvalue weighted by atomic mass is 10.2. The molecule has 1 heterocycles. The molecule has 2 aromatic rings. The molecule has 0 aliphatic carbocycles. The summed E-state index contributed by atoms with van der Waals surface area (Å²) in [5.74, 6) is 0.624. The van der Waals surface area contributed by atoms with Crippen LogP contribution in [0.2, 0.25) is 5.02 Å². The van der Waals surface area contributed by atoms with Crippen LogP contribution >= 0.6 is 23.4 Å². The number of nitrogens with one attached hydrogen (secondary N) is 1. The maximum atomic E-state index is 9.32. The van der Waals surface area contributed by atoms with E-state index < -0.39 is 0 Å². The number of aromatic nitrogens is 2. The van der Waals surface area contributed by atoms with Gasteiger partial charge < -0.3 is 9.84 Å². The Bertz CT molecular complexity index is 688. The van der Waals surface area contributed by atoms with E-state index in [4.69, 9.17) is 16.1 Å². The average molecular weight is 321 g/mol. The van der Waals surface area contributed by atoms with Crippen LogP contribution in [-0.4, -0.2) is 22.9 Å². The minimum atomic E-state index is 0.202. The van der Waals surface area contributed by atoms with Crippen molar-refractivity contribution < 1.29 is 4.52 Å². The molecule has 5 nitrogen and oxygen atoms in total. The fraction of sp³-hybridized carbons (Fsp3) is 0.214. The zero-order valence-electron chi connectivity index (χ0n) is 11.6. The average Bonchev–Trinajstić information content (AvgIpc) is 2.97. The molecule has 0 fully saturated rings. The van der Waals surface area contributed by atoms with Gasteiger partial charge in [0.05, 0.1) is 5.03 Å². The Labute approximate surface area is 132 Å². The van der Waals surface area contributed by atoms with E-state index in [2.05, 4.69) is 21.5 Å². The quantitative estimate of drug-likeness (QED) is 0.849. The van der Waals surface area contributed by atoms with Crippen LogP contribution < -0.4 is 5.32 Å². The Balaban J connectivity index is 2.38. The first-order valence-electron chi connectivity index (χ1n) is 6.21. The van der Waals surface area contributed by atoms with E-state index in [0.717, 1.165) is 5.56 Å². The van der Waals surface area contributed by atoms with E-state index in [-0.39, 0.29) is 5.89 Å². The molecule has 1 aromatic heterocycles. The van der Waals surface area contributed by atoms with Gasteiger partial charge >= 0.3 is 0 Å². The molecule has 7 heteroatoms. The van der Waals surface area contributed by atoms with Crippen LogP contribution in [0.5, 0.6) is 0 Å². The first-order chi connectivity index (χ1) is 10.2. The molecule has 0 amide bonds. The molecule has 0 aliphatic heterocycles. The molecule has 0 aliphatic rings. The van der Waals surface area contributed by atoms with Gasteiger partial charge in [-0.15, -0.1) is 11.8 Å².